The molecule has 0 aromatic carbocycles. The lowest BCUT2D eigenvalue weighted by atomic mass is 10.0. The van der Waals surface area contributed by atoms with Gasteiger partial charge in [0.05, 0.1) is 39.9 Å². The van der Waals surface area contributed by atoms with Crippen molar-refractivity contribution in [3.8, 4) is 0 Å². The summed E-state index contributed by atoms with van der Waals surface area (Å²) in [6.07, 6.45) is 17.8. The zero-order chi connectivity index (χ0) is 28.6. The van der Waals surface area contributed by atoms with Crippen molar-refractivity contribution in [2.75, 3.05) is 47.4 Å². The van der Waals surface area contributed by atoms with Crippen LogP contribution in [0, 0.1) is 0 Å². The maximum atomic E-state index is 11.8. The summed E-state index contributed by atoms with van der Waals surface area (Å²) < 4.78 is 22.0. The highest BCUT2D eigenvalue weighted by atomic mass is 32.1. The Bertz CT molecular complexity index is 620. The van der Waals surface area contributed by atoms with Crippen molar-refractivity contribution in [1.29, 1.82) is 0 Å². The van der Waals surface area contributed by atoms with Gasteiger partial charge < -0.3 is 40.3 Å². The summed E-state index contributed by atoms with van der Waals surface area (Å²) in [5.41, 5.74) is 10.8. The third-order valence-corrected chi connectivity index (χ3v) is 6.64. The third-order valence-electron chi connectivity index (χ3n) is 5.53. The van der Waals surface area contributed by atoms with Gasteiger partial charge in [-0.05, 0) is 32.0 Å². The van der Waals surface area contributed by atoms with Gasteiger partial charge in [-0.1, -0.05) is 83.3 Å². The highest BCUT2D eigenvalue weighted by Crippen LogP contribution is 2.38. The van der Waals surface area contributed by atoms with Crippen molar-refractivity contribution < 1.29 is 28.1 Å². The molecule has 0 heterocycles. The van der Waals surface area contributed by atoms with Gasteiger partial charge in [-0.2, -0.15) is 0 Å². The molecule has 0 aliphatic carbocycles. The first-order chi connectivity index (χ1) is 17.3. The van der Waals surface area contributed by atoms with Crippen LogP contribution in [-0.2, 0) is 13.6 Å². The number of aliphatic hydroxyl groups excluding tert-OH is 1. The van der Waals surface area contributed by atoms with Crippen LogP contribution in [0.1, 0.15) is 90.9 Å². The van der Waals surface area contributed by atoms with Gasteiger partial charge in [0, 0.05) is 6.54 Å². The molecule has 0 radical (unpaired) electrons. The molecule has 11 heteroatoms. The maximum Gasteiger partial charge on any atom is 0.268 e. The standard InChI is InChI=1S/C23H49N2O5P.C3H8N2S/c1-5-6-7-8-9-10-11-12-13-14-15-16-17-18-23(26)22(24)21-30-31(27,28)29-20-19-25(2,3)4;1-2-5-3(4)6/h17-18,22-23,26H,5-16,19-21,24H2,1-4H3;2H2,1H3,(H3,4,5,6)/b18-17+;/t22-,23+;/m0./s1. The van der Waals surface area contributed by atoms with Gasteiger partial charge in [0.25, 0.3) is 7.82 Å². The molecule has 0 saturated carbocycles. The number of nitrogens with one attached hydrogen (secondary N) is 1. The second kappa shape index (κ2) is 24.5. The summed E-state index contributed by atoms with van der Waals surface area (Å²) in [6.45, 7) is 5.27. The van der Waals surface area contributed by atoms with Crippen molar-refractivity contribution in [3.05, 3.63) is 12.2 Å². The van der Waals surface area contributed by atoms with E-state index in [4.69, 9.17) is 20.5 Å². The Morgan fingerprint density at radius 2 is 1.54 bits per heavy atom. The Morgan fingerprint density at radius 1 is 1.03 bits per heavy atom. The second-order valence-electron chi connectivity index (χ2n) is 10.4. The predicted octanol–water partition coefficient (Wildman–Crippen LogP) is 3.98. The van der Waals surface area contributed by atoms with E-state index in [2.05, 4.69) is 24.5 Å². The van der Waals surface area contributed by atoms with E-state index >= 15 is 0 Å². The van der Waals surface area contributed by atoms with Crippen LogP contribution in [0.25, 0.3) is 0 Å². The predicted molar refractivity (Wildman–Crippen MR) is 157 cm³/mol. The number of nitrogens with zero attached hydrogens (tertiary/aromatic N) is 1. The van der Waals surface area contributed by atoms with E-state index in [1.54, 1.807) is 6.08 Å². The number of hydrogen-bond donors (Lipinski definition) is 4. The lowest BCUT2D eigenvalue weighted by Gasteiger charge is -2.28. The van der Waals surface area contributed by atoms with Crippen LogP contribution >= 0.6 is 20.0 Å². The molecule has 0 aliphatic rings. The Labute approximate surface area is 232 Å². The summed E-state index contributed by atoms with van der Waals surface area (Å²) in [5, 5.41) is 13.1. The largest absolute Gasteiger partial charge is 0.756 e. The summed E-state index contributed by atoms with van der Waals surface area (Å²) >= 11 is 4.46. The summed E-state index contributed by atoms with van der Waals surface area (Å²) in [6, 6.07) is -0.821. The number of hydrogen-bond acceptors (Lipinski definition) is 7. The highest BCUT2D eigenvalue weighted by molar-refractivity contribution is 7.80. The van der Waals surface area contributed by atoms with Crippen molar-refractivity contribution >= 4 is 25.2 Å². The summed E-state index contributed by atoms with van der Waals surface area (Å²) in [5.74, 6) is 0. The summed E-state index contributed by atoms with van der Waals surface area (Å²) in [7, 11) is 1.41. The van der Waals surface area contributed by atoms with E-state index in [-0.39, 0.29) is 13.2 Å². The molecule has 0 aromatic rings. The van der Waals surface area contributed by atoms with E-state index < -0.39 is 20.0 Å². The molecule has 37 heavy (non-hydrogen) atoms. The average molecular weight is 569 g/mol. The number of nitrogens with two attached hydrogens (primary N) is 2. The van der Waals surface area contributed by atoms with Crippen LogP contribution in [-0.4, -0.2) is 74.3 Å². The van der Waals surface area contributed by atoms with Crippen molar-refractivity contribution in [3.63, 3.8) is 0 Å². The van der Waals surface area contributed by atoms with Gasteiger partial charge in [0.2, 0.25) is 0 Å². The molecule has 6 N–H and O–H groups in total. The molecular formula is C26H57N4O5PS. The number of thiocarbonyl (C=S) groups is 1. The lowest BCUT2D eigenvalue weighted by molar-refractivity contribution is -0.870. The number of rotatable bonds is 22. The molecule has 0 aliphatic heterocycles. The van der Waals surface area contributed by atoms with E-state index in [1.165, 1.54) is 64.2 Å². The topological polar surface area (TPSA) is 143 Å². The SMILES string of the molecule is CCCCCCCCCCCCC/C=C/[C@@H](O)[C@@H](N)COP(=O)([O-])OCC[N+](C)(C)C.CCNC(N)=S. The van der Waals surface area contributed by atoms with Crippen molar-refractivity contribution in [2.24, 2.45) is 11.5 Å². The van der Waals surface area contributed by atoms with Gasteiger partial charge in [-0.15, -0.1) is 0 Å². The molecule has 0 spiro atoms. The molecule has 0 bridgehead atoms. The molecule has 9 nitrogen and oxygen atoms in total. The third kappa shape index (κ3) is 31.5. The number of allylic oxidation sites excluding steroid dienone is 1. The van der Waals surface area contributed by atoms with Crippen molar-refractivity contribution in [1.82, 2.24) is 5.32 Å². The fourth-order valence-electron chi connectivity index (χ4n) is 3.22. The molecule has 1 unspecified atom stereocenters. The average Bonchev–Trinajstić information content (AvgIpc) is 2.79. The normalized spacial score (nSPS) is 15.0. The molecule has 0 saturated heterocycles. The molecule has 0 aromatic heterocycles. The van der Waals surface area contributed by atoms with Crippen LogP contribution in [0.15, 0.2) is 12.2 Å². The fraction of sp³-hybridized carbons (Fsp3) is 0.885. The molecule has 0 amide bonds. The Kier molecular flexibility index (Phi) is 25.5. The van der Waals surface area contributed by atoms with Gasteiger partial charge >= 0.3 is 0 Å². The van der Waals surface area contributed by atoms with Crippen LogP contribution < -0.4 is 21.7 Å². The van der Waals surface area contributed by atoms with Gasteiger partial charge in [0.15, 0.2) is 5.11 Å². The highest BCUT2D eigenvalue weighted by Gasteiger charge is 2.18. The molecule has 222 valence electrons. The minimum Gasteiger partial charge on any atom is -0.756 e. The number of phosphoric ester groups is 1. The van der Waals surface area contributed by atoms with E-state index in [1.807, 2.05) is 34.1 Å². The second-order valence-corrected chi connectivity index (χ2v) is 12.2. The lowest BCUT2D eigenvalue weighted by Crippen LogP contribution is -2.39. The van der Waals surface area contributed by atoms with Gasteiger partial charge in [-0.25, -0.2) is 0 Å². The van der Waals surface area contributed by atoms with E-state index in [9.17, 15) is 14.6 Å². The number of unbranched alkanes of at least 4 members (excludes halogenated alkanes) is 11. The monoisotopic (exact) mass is 568 g/mol. The van der Waals surface area contributed by atoms with Crippen LogP contribution in [0.2, 0.25) is 0 Å². The van der Waals surface area contributed by atoms with Gasteiger partial charge in [-0.3, -0.25) is 4.57 Å². The van der Waals surface area contributed by atoms with Gasteiger partial charge in [0.1, 0.15) is 13.2 Å². The smallest absolute Gasteiger partial charge is 0.268 e. The number of phosphoric acid groups is 1. The van der Waals surface area contributed by atoms with Crippen LogP contribution in [0.3, 0.4) is 0 Å². The fourth-order valence-corrected chi connectivity index (χ4v) is 4.10. The van der Waals surface area contributed by atoms with Crippen LogP contribution in [0.4, 0.5) is 0 Å². The van der Waals surface area contributed by atoms with Crippen molar-refractivity contribution in [2.45, 2.75) is 103 Å². The minimum absolute atomic E-state index is 0.0426. The Morgan fingerprint density at radius 3 is 1.97 bits per heavy atom. The number of aliphatic hydroxyl groups is 1. The van der Waals surface area contributed by atoms with E-state index in [0.29, 0.717) is 16.1 Å². The minimum atomic E-state index is -4.41. The number of quaternary nitrogens is 1. The quantitative estimate of drug-likeness (QED) is 0.0501. The summed E-state index contributed by atoms with van der Waals surface area (Å²) in [4.78, 5) is 11.8. The number of likely N-dealkylation sites (N-methyl/N-ethyl adjacent to an activating group) is 1. The first-order valence-electron chi connectivity index (χ1n) is 13.9. The zero-order valence-electron chi connectivity index (χ0n) is 24.2. The molecule has 3 atom stereocenters. The Hall–Kier alpha value is -0.580. The first-order valence-corrected chi connectivity index (χ1v) is 15.8. The van der Waals surface area contributed by atoms with E-state index in [0.717, 1.165) is 19.4 Å². The molecule has 0 rings (SSSR count). The van der Waals surface area contributed by atoms with Crippen LogP contribution in [0.5, 0.6) is 0 Å². The zero-order valence-corrected chi connectivity index (χ0v) is 25.9. The molecule has 0 fully saturated rings. The maximum absolute atomic E-state index is 11.8. The first kappa shape index (κ1) is 38.6. The Balaban J connectivity index is 0. The molecular weight excluding hydrogens is 511 g/mol.